The van der Waals surface area contributed by atoms with Crippen LogP contribution in [0, 0.1) is 6.92 Å². The van der Waals surface area contributed by atoms with E-state index in [0.717, 1.165) is 16.1 Å². The van der Waals surface area contributed by atoms with Crippen molar-refractivity contribution < 1.29 is 4.79 Å². The number of anilines is 1. The molecule has 3 N–H and O–H groups in total. The van der Waals surface area contributed by atoms with E-state index in [1.807, 2.05) is 26.1 Å². The van der Waals surface area contributed by atoms with Crippen LogP contribution in [0.2, 0.25) is 0 Å². The molecule has 0 aliphatic rings. The molecule has 1 aromatic carbocycles. The zero-order chi connectivity index (χ0) is 17.3. The second-order valence-electron chi connectivity index (χ2n) is 5.54. The van der Waals surface area contributed by atoms with Crippen molar-refractivity contribution >= 4 is 33.3 Å². The smallest absolute Gasteiger partial charge is 0.256 e. The Morgan fingerprint density at radius 1 is 1.38 bits per heavy atom. The lowest BCUT2D eigenvalue weighted by Crippen LogP contribution is -2.31. The number of aryl methyl sites for hydroxylation is 2. The summed E-state index contributed by atoms with van der Waals surface area (Å²) < 4.78 is 1.79. The van der Waals surface area contributed by atoms with Gasteiger partial charge in [-0.05, 0) is 19.1 Å². The summed E-state index contributed by atoms with van der Waals surface area (Å²) in [6.45, 7) is 2.28. The number of nitrogen functional groups attached to an aromatic ring is 1. The molecule has 0 saturated carbocycles. The zero-order valence-electron chi connectivity index (χ0n) is 13.4. The van der Waals surface area contributed by atoms with Crippen LogP contribution >= 0.6 is 11.3 Å². The third kappa shape index (κ3) is 3.13. The van der Waals surface area contributed by atoms with Crippen LogP contribution in [0.1, 0.15) is 20.9 Å². The van der Waals surface area contributed by atoms with E-state index in [9.17, 15) is 9.59 Å². The van der Waals surface area contributed by atoms with Crippen molar-refractivity contribution in [1.82, 2.24) is 20.1 Å². The molecule has 0 fully saturated rings. The van der Waals surface area contributed by atoms with Gasteiger partial charge < -0.3 is 15.6 Å². The lowest BCUT2D eigenvalue weighted by molar-refractivity contribution is 0.0952. The zero-order valence-corrected chi connectivity index (χ0v) is 14.2. The maximum Gasteiger partial charge on any atom is 0.256 e. The molecule has 0 radical (unpaired) electrons. The number of hydrogen-bond acceptors (Lipinski definition) is 6. The Morgan fingerprint density at radius 3 is 2.88 bits per heavy atom. The van der Waals surface area contributed by atoms with Crippen LogP contribution in [-0.2, 0) is 13.5 Å². The summed E-state index contributed by atoms with van der Waals surface area (Å²) in [6, 6.07) is 5.63. The molecule has 0 saturated heterocycles. The van der Waals surface area contributed by atoms with Gasteiger partial charge in [-0.25, -0.2) is 0 Å². The van der Waals surface area contributed by atoms with Crippen molar-refractivity contribution in [2.24, 2.45) is 7.05 Å². The number of aromatic nitrogens is 3. The van der Waals surface area contributed by atoms with Crippen molar-refractivity contribution in [3.63, 3.8) is 0 Å². The summed E-state index contributed by atoms with van der Waals surface area (Å²) in [7, 11) is 1.82. The second kappa shape index (κ2) is 6.40. The Bertz CT molecular complexity index is 976. The average Bonchev–Trinajstić information content (AvgIpc) is 2.96. The van der Waals surface area contributed by atoms with E-state index in [-0.39, 0.29) is 11.0 Å². The van der Waals surface area contributed by atoms with Gasteiger partial charge in [0, 0.05) is 31.6 Å². The minimum absolute atomic E-state index is 0.132. The SMILES string of the molecule is Cc1ccc2c(c1)c(=O)c(C(=O)NCCc1nnc(N)s1)cn2C. The first-order chi connectivity index (χ1) is 11.5. The largest absolute Gasteiger partial charge is 0.374 e. The highest BCUT2D eigenvalue weighted by Gasteiger charge is 2.14. The number of carbonyl (C=O) groups excluding carboxylic acids is 1. The Hall–Kier alpha value is -2.74. The molecule has 24 heavy (non-hydrogen) atoms. The van der Waals surface area contributed by atoms with Crippen molar-refractivity contribution in [3.8, 4) is 0 Å². The fourth-order valence-corrected chi connectivity index (χ4v) is 3.12. The van der Waals surface area contributed by atoms with Crippen LogP contribution < -0.4 is 16.5 Å². The topological polar surface area (TPSA) is 103 Å². The molecule has 8 heteroatoms. The lowest BCUT2D eigenvalue weighted by Gasteiger charge is -2.10. The van der Waals surface area contributed by atoms with Crippen LogP contribution in [0.4, 0.5) is 5.13 Å². The van der Waals surface area contributed by atoms with Crippen LogP contribution in [0.15, 0.2) is 29.2 Å². The van der Waals surface area contributed by atoms with Gasteiger partial charge in [-0.1, -0.05) is 23.0 Å². The molecule has 0 bridgehead atoms. The van der Waals surface area contributed by atoms with E-state index in [2.05, 4.69) is 15.5 Å². The van der Waals surface area contributed by atoms with E-state index >= 15 is 0 Å². The summed E-state index contributed by atoms with van der Waals surface area (Å²) >= 11 is 1.28. The Morgan fingerprint density at radius 2 is 2.17 bits per heavy atom. The van der Waals surface area contributed by atoms with Gasteiger partial charge in [-0.15, -0.1) is 10.2 Å². The summed E-state index contributed by atoms with van der Waals surface area (Å²) in [5, 5.41) is 12.1. The molecule has 0 spiro atoms. The first-order valence-corrected chi connectivity index (χ1v) is 8.23. The van der Waals surface area contributed by atoms with Crippen LogP contribution in [-0.4, -0.2) is 27.2 Å². The van der Waals surface area contributed by atoms with Crippen molar-refractivity contribution in [2.75, 3.05) is 12.3 Å². The van der Waals surface area contributed by atoms with E-state index in [1.54, 1.807) is 16.8 Å². The highest BCUT2D eigenvalue weighted by Crippen LogP contribution is 2.13. The Balaban J connectivity index is 1.82. The molecular formula is C16H17N5O2S. The molecule has 1 amide bonds. The quantitative estimate of drug-likeness (QED) is 0.742. The van der Waals surface area contributed by atoms with Gasteiger partial charge in [0.15, 0.2) is 0 Å². The second-order valence-corrected chi connectivity index (χ2v) is 6.64. The lowest BCUT2D eigenvalue weighted by atomic mass is 10.1. The van der Waals surface area contributed by atoms with Gasteiger partial charge in [0.2, 0.25) is 10.6 Å². The van der Waals surface area contributed by atoms with E-state index in [4.69, 9.17) is 5.73 Å². The summed E-state index contributed by atoms with van der Waals surface area (Å²) in [5.41, 5.74) is 7.16. The van der Waals surface area contributed by atoms with Crippen molar-refractivity contribution in [3.05, 3.63) is 50.8 Å². The molecule has 2 aromatic heterocycles. The molecular weight excluding hydrogens is 326 g/mol. The van der Waals surface area contributed by atoms with Crippen LogP contribution in [0.3, 0.4) is 0 Å². The number of carbonyl (C=O) groups is 1. The number of fused-ring (bicyclic) bond motifs is 1. The molecule has 0 unspecified atom stereocenters. The predicted octanol–water partition coefficient (Wildman–Crippen LogP) is 1.25. The Labute approximate surface area is 142 Å². The molecule has 3 aromatic rings. The minimum atomic E-state index is -0.392. The fraction of sp³-hybridized carbons (Fsp3) is 0.250. The molecule has 0 atom stereocenters. The third-order valence-electron chi connectivity index (χ3n) is 3.70. The molecule has 0 aliphatic heterocycles. The normalized spacial score (nSPS) is 10.9. The van der Waals surface area contributed by atoms with Gasteiger partial charge in [-0.3, -0.25) is 9.59 Å². The van der Waals surface area contributed by atoms with Crippen molar-refractivity contribution in [2.45, 2.75) is 13.3 Å². The molecule has 0 aliphatic carbocycles. The van der Waals surface area contributed by atoms with Crippen molar-refractivity contribution in [1.29, 1.82) is 0 Å². The van der Waals surface area contributed by atoms with E-state index < -0.39 is 5.91 Å². The number of pyridine rings is 1. The number of benzene rings is 1. The number of hydrogen-bond donors (Lipinski definition) is 2. The molecule has 2 heterocycles. The molecule has 7 nitrogen and oxygen atoms in total. The summed E-state index contributed by atoms with van der Waals surface area (Å²) in [4.78, 5) is 25.0. The maximum absolute atomic E-state index is 12.6. The number of nitrogens with one attached hydrogen (secondary N) is 1. The minimum Gasteiger partial charge on any atom is -0.374 e. The highest BCUT2D eigenvalue weighted by molar-refractivity contribution is 7.15. The highest BCUT2D eigenvalue weighted by atomic mass is 32.1. The van der Waals surface area contributed by atoms with E-state index in [1.165, 1.54) is 11.3 Å². The van der Waals surface area contributed by atoms with Gasteiger partial charge in [0.1, 0.15) is 10.6 Å². The number of nitrogens with two attached hydrogens (primary N) is 1. The van der Waals surface area contributed by atoms with Crippen LogP contribution in [0.25, 0.3) is 10.9 Å². The Kier molecular flexibility index (Phi) is 4.30. The fourth-order valence-electron chi connectivity index (χ4n) is 2.51. The van der Waals surface area contributed by atoms with Gasteiger partial charge in [-0.2, -0.15) is 0 Å². The number of nitrogens with zero attached hydrogens (tertiary/aromatic N) is 3. The van der Waals surface area contributed by atoms with Crippen LogP contribution in [0.5, 0.6) is 0 Å². The van der Waals surface area contributed by atoms with Gasteiger partial charge in [0.25, 0.3) is 5.91 Å². The first kappa shape index (κ1) is 16.1. The number of amides is 1. The molecule has 124 valence electrons. The maximum atomic E-state index is 12.6. The monoisotopic (exact) mass is 343 g/mol. The van der Waals surface area contributed by atoms with E-state index in [0.29, 0.717) is 23.5 Å². The number of rotatable bonds is 4. The van der Waals surface area contributed by atoms with Gasteiger partial charge >= 0.3 is 0 Å². The molecule has 3 rings (SSSR count). The summed E-state index contributed by atoms with van der Waals surface area (Å²) in [5.74, 6) is -0.392. The van der Waals surface area contributed by atoms with Gasteiger partial charge in [0.05, 0.1) is 5.52 Å². The summed E-state index contributed by atoms with van der Waals surface area (Å²) in [6.07, 6.45) is 2.09. The first-order valence-electron chi connectivity index (χ1n) is 7.42. The average molecular weight is 343 g/mol. The predicted molar refractivity (Wildman–Crippen MR) is 94.3 cm³/mol. The third-order valence-corrected chi connectivity index (χ3v) is 4.51. The standard InChI is InChI=1S/C16H17N5O2S/c1-9-3-4-12-10(7-9)14(22)11(8-21(12)2)15(23)18-6-5-13-19-20-16(17)24-13/h3-4,7-8H,5-6H2,1-2H3,(H2,17,20)(H,18,23).